The van der Waals surface area contributed by atoms with Gasteiger partial charge in [0.25, 0.3) is 0 Å². The summed E-state index contributed by atoms with van der Waals surface area (Å²) in [4.78, 5) is 26.8. The van der Waals surface area contributed by atoms with Crippen LogP contribution in [0.1, 0.15) is 19.3 Å². The molecule has 2 aliphatic heterocycles. The minimum atomic E-state index is -0.912. The van der Waals surface area contributed by atoms with Crippen LogP contribution in [0.4, 0.5) is 5.69 Å². The third kappa shape index (κ3) is 4.92. The number of benzene rings is 2. The molecule has 2 aliphatic rings. The molecule has 0 radical (unpaired) electrons. The first-order valence-electron chi connectivity index (χ1n) is 9.84. The first-order valence-corrected chi connectivity index (χ1v) is 9.84. The van der Waals surface area contributed by atoms with Gasteiger partial charge in [0, 0.05) is 31.9 Å². The summed E-state index contributed by atoms with van der Waals surface area (Å²) in [6, 6.07) is 16.6. The van der Waals surface area contributed by atoms with Gasteiger partial charge in [-0.1, -0.05) is 18.2 Å². The maximum atomic E-state index is 12.6. The van der Waals surface area contributed by atoms with E-state index in [2.05, 4.69) is 5.32 Å². The van der Waals surface area contributed by atoms with Crippen LogP contribution >= 0.6 is 12.4 Å². The Morgan fingerprint density at radius 1 is 1.07 bits per heavy atom. The normalized spacial score (nSPS) is 20.4. The molecule has 0 bridgehead atoms. The van der Waals surface area contributed by atoms with E-state index in [4.69, 9.17) is 15.2 Å². The van der Waals surface area contributed by atoms with Gasteiger partial charge in [-0.25, -0.2) is 0 Å². The summed E-state index contributed by atoms with van der Waals surface area (Å²) in [7, 11) is 0. The Labute approximate surface area is 181 Å². The predicted molar refractivity (Wildman–Crippen MR) is 116 cm³/mol. The smallest absolute Gasteiger partial charge is 0.240 e. The van der Waals surface area contributed by atoms with Gasteiger partial charge in [0.2, 0.25) is 11.8 Å². The number of amides is 2. The zero-order valence-electron chi connectivity index (χ0n) is 16.6. The fourth-order valence-corrected chi connectivity index (χ4v) is 3.66. The zero-order chi connectivity index (χ0) is 20.3. The molecule has 2 amide bonds. The number of ether oxygens (including phenoxy) is 2. The van der Waals surface area contributed by atoms with E-state index in [0.29, 0.717) is 38.3 Å². The molecule has 0 aromatic heterocycles. The van der Waals surface area contributed by atoms with Crippen molar-refractivity contribution in [2.24, 2.45) is 5.73 Å². The molecule has 0 saturated carbocycles. The molecule has 1 atom stereocenters. The molecule has 7 nitrogen and oxygen atoms in total. The van der Waals surface area contributed by atoms with Gasteiger partial charge in [0.05, 0.1) is 11.6 Å². The van der Waals surface area contributed by atoms with Crippen LogP contribution in [-0.2, 0) is 14.3 Å². The lowest BCUT2D eigenvalue weighted by molar-refractivity contribution is -0.130. The molecule has 0 spiro atoms. The number of nitrogens with two attached hydrogens (primary N) is 1. The van der Waals surface area contributed by atoms with E-state index in [1.165, 1.54) is 0 Å². The molecule has 160 valence electrons. The highest BCUT2D eigenvalue weighted by molar-refractivity contribution is 5.97. The van der Waals surface area contributed by atoms with Crippen LogP contribution in [-0.4, -0.2) is 43.2 Å². The summed E-state index contributed by atoms with van der Waals surface area (Å²) in [5.74, 6) is 1.22. The van der Waals surface area contributed by atoms with E-state index in [1.807, 2.05) is 54.6 Å². The fourth-order valence-electron chi connectivity index (χ4n) is 3.66. The highest BCUT2D eigenvalue weighted by Crippen LogP contribution is 2.27. The van der Waals surface area contributed by atoms with Gasteiger partial charge in [-0.15, -0.1) is 12.4 Å². The summed E-state index contributed by atoms with van der Waals surface area (Å²) < 4.78 is 11.1. The Morgan fingerprint density at radius 3 is 2.37 bits per heavy atom. The van der Waals surface area contributed by atoms with Crippen molar-refractivity contribution in [3.8, 4) is 11.5 Å². The number of rotatable bonds is 5. The molecule has 2 aromatic rings. The van der Waals surface area contributed by atoms with Crippen LogP contribution in [0.5, 0.6) is 11.5 Å². The molecule has 2 heterocycles. The highest BCUT2D eigenvalue weighted by atomic mass is 35.5. The first-order chi connectivity index (χ1) is 14.0. The lowest BCUT2D eigenvalue weighted by Gasteiger charge is -2.32. The van der Waals surface area contributed by atoms with Crippen LogP contribution in [0, 0.1) is 0 Å². The van der Waals surface area contributed by atoms with Gasteiger partial charge in [-0.2, -0.15) is 0 Å². The lowest BCUT2D eigenvalue weighted by Crippen LogP contribution is -2.59. The highest BCUT2D eigenvalue weighted by Gasteiger charge is 2.39. The molecule has 2 fully saturated rings. The molecule has 2 saturated heterocycles. The Hall–Kier alpha value is -2.61. The van der Waals surface area contributed by atoms with Crippen molar-refractivity contribution in [3.05, 3.63) is 54.6 Å². The summed E-state index contributed by atoms with van der Waals surface area (Å²) in [5, 5.41) is 2.96. The summed E-state index contributed by atoms with van der Waals surface area (Å²) in [6.07, 6.45) is 1.25. The molecule has 3 N–H and O–H groups in total. The van der Waals surface area contributed by atoms with Crippen molar-refractivity contribution < 1.29 is 19.1 Å². The maximum Gasteiger partial charge on any atom is 0.240 e. The summed E-state index contributed by atoms with van der Waals surface area (Å²) in [5.41, 5.74) is 6.10. The number of carbonyl (C=O) groups excluding carboxylic acids is 2. The third-order valence-electron chi connectivity index (χ3n) is 5.42. The number of anilines is 1. The van der Waals surface area contributed by atoms with Crippen LogP contribution in [0.15, 0.2) is 54.6 Å². The van der Waals surface area contributed by atoms with E-state index in [1.54, 1.807) is 4.90 Å². The second kappa shape index (κ2) is 9.47. The average Bonchev–Trinajstić information content (AvgIpc) is 3.10. The molecule has 4 rings (SSSR count). The molecule has 2 aromatic carbocycles. The minimum Gasteiger partial charge on any atom is -0.457 e. The van der Waals surface area contributed by atoms with Crippen molar-refractivity contribution in [1.29, 1.82) is 0 Å². The number of hydrogen-bond donors (Lipinski definition) is 2. The fraction of sp³-hybridized carbons (Fsp3) is 0.364. The van der Waals surface area contributed by atoms with Gasteiger partial charge in [0.15, 0.2) is 0 Å². The second-order valence-corrected chi connectivity index (χ2v) is 7.56. The monoisotopic (exact) mass is 431 g/mol. The van der Waals surface area contributed by atoms with E-state index in [9.17, 15) is 9.59 Å². The van der Waals surface area contributed by atoms with Crippen LogP contribution in [0.25, 0.3) is 0 Å². The Morgan fingerprint density at radius 2 is 1.70 bits per heavy atom. The number of halogens is 1. The molecule has 0 aliphatic carbocycles. The third-order valence-corrected chi connectivity index (χ3v) is 5.42. The quantitative estimate of drug-likeness (QED) is 0.759. The van der Waals surface area contributed by atoms with Gasteiger partial charge in [-0.05, 0) is 49.2 Å². The maximum absolute atomic E-state index is 12.6. The second-order valence-electron chi connectivity index (χ2n) is 7.56. The number of nitrogens with one attached hydrogen (secondary N) is 1. The molecule has 30 heavy (non-hydrogen) atoms. The summed E-state index contributed by atoms with van der Waals surface area (Å²) >= 11 is 0. The number of para-hydroxylation sites is 1. The number of nitrogens with zero attached hydrogens (tertiary/aromatic N) is 1. The SMILES string of the molecule is Cl.NC1(C(=O)NC2CC(=O)N(c3ccc(Oc4ccccc4)cc3)C2)CCOCC1. The topological polar surface area (TPSA) is 93.9 Å². The Kier molecular flexibility index (Phi) is 6.97. The van der Waals surface area contributed by atoms with Crippen LogP contribution in [0.2, 0.25) is 0 Å². The van der Waals surface area contributed by atoms with Crippen molar-refractivity contribution in [2.75, 3.05) is 24.7 Å². The standard InChI is InChI=1S/C22H25N3O4.ClH/c23-22(10-12-28-13-11-22)21(27)24-16-14-20(26)25(15-16)17-6-8-19(9-7-17)29-18-4-2-1-3-5-18;/h1-9,16H,10-15,23H2,(H,24,27);1H. The first kappa shape index (κ1) is 22.1. The number of carbonyl (C=O) groups is 2. The van der Waals surface area contributed by atoms with Gasteiger partial charge in [0.1, 0.15) is 11.5 Å². The molecular weight excluding hydrogens is 406 g/mol. The molecule has 1 unspecified atom stereocenters. The Bertz CT molecular complexity index is 870. The zero-order valence-corrected chi connectivity index (χ0v) is 17.4. The summed E-state index contributed by atoms with van der Waals surface area (Å²) in [6.45, 7) is 1.39. The van der Waals surface area contributed by atoms with E-state index in [0.717, 1.165) is 11.4 Å². The van der Waals surface area contributed by atoms with Crippen LogP contribution < -0.4 is 20.7 Å². The van der Waals surface area contributed by atoms with E-state index in [-0.39, 0.29) is 36.7 Å². The van der Waals surface area contributed by atoms with E-state index >= 15 is 0 Å². The largest absolute Gasteiger partial charge is 0.457 e. The van der Waals surface area contributed by atoms with Gasteiger partial charge < -0.3 is 25.4 Å². The van der Waals surface area contributed by atoms with Crippen molar-refractivity contribution in [1.82, 2.24) is 5.32 Å². The lowest BCUT2D eigenvalue weighted by atomic mass is 9.90. The van der Waals surface area contributed by atoms with Gasteiger partial charge in [-0.3, -0.25) is 9.59 Å². The van der Waals surface area contributed by atoms with Gasteiger partial charge >= 0.3 is 0 Å². The van der Waals surface area contributed by atoms with Crippen molar-refractivity contribution in [3.63, 3.8) is 0 Å². The molecular formula is C22H26ClN3O4. The van der Waals surface area contributed by atoms with Crippen molar-refractivity contribution in [2.45, 2.75) is 30.8 Å². The van der Waals surface area contributed by atoms with E-state index < -0.39 is 5.54 Å². The van der Waals surface area contributed by atoms with Crippen LogP contribution in [0.3, 0.4) is 0 Å². The predicted octanol–water partition coefficient (Wildman–Crippen LogP) is 2.63. The minimum absolute atomic E-state index is 0. The number of hydrogen-bond acceptors (Lipinski definition) is 5. The van der Waals surface area contributed by atoms with Crippen molar-refractivity contribution >= 4 is 29.9 Å². The Balaban J connectivity index is 0.00000256. The average molecular weight is 432 g/mol. The molecule has 8 heteroatoms.